The van der Waals surface area contributed by atoms with Crippen LogP contribution in [0.25, 0.3) is 100 Å². The number of benzene rings is 7. The van der Waals surface area contributed by atoms with Gasteiger partial charge in [-0.1, -0.05) is 139 Å². The SMILES string of the molecule is [2H]c1c([2H])c([2H])c(-c2ccc(-c3nc(-c4ccccc4)nc(-c4ccc5oc6c(-c7cccc8c7oc7ccccc78)cccc6c5c4)n3)cc2)c([2H])c1[2H]. The predicted molar refractivity (Wildman–Crippen MR) is 202 cm³/mol. The highest BCUT2D eigenvalue weighted by Gasteiger charge is 2.19. The first kappa shape index (κ1) is 23.5. The molecule has 0 aliphatic rings. The molecule has 0 atom stereocenters. The summed E-state index contributed by atoms with van der Waals surface area (Å²) >= 11 is 0. The van der Waals surface area contributed by atoms with Crippen LogP contribution in [0.15, 0.2) is 173 Å². The van der Waals surface area contributed by atoms with E-state index in [2.05, 4.69) is 30.3 Å². The quantitative estimate of drug-likeness (QED) is 0.186. The third-order valence-electron chi connectivity index (χ3n) is 9.05. The second-order valence-corrected chi connectivity index (χ2v) is 12.0. The van der Waals surface area contributed by atoms with E-state index < -0.39 is 6.04 Å². The molecule has 0 unspecified atom stereocenters. The zero-order valence-corrected chi connectivity index (χ0v) is 26.4. The Balaban J connectivity index is 1.10. The molecule has 5 heteroatoms. The van der Waals surface area contributed by atoms with Crippen LogP contribution in [-0.4, -0.2) is 15.0 Å². The van der Waals surface area contributed by atoms with Gasteiger partial charge in [-0.25, -0.2) is 15.0 Å². The Kier molecular flexibility index (Phi) is 5.35. The van der Waals surface area contributed by atoms with Gasteiger partial charge in [0, 0.05) is 49.4 Å². The molecule has 5 nitrogen and oxygen atoms in total. The first-order chi connectivity index (χ1) is 26.8. The van der Waals surface area contributed by atoms with Gasteiger partial charge in [-0.05, 0) is 35.4 Å². The molecule has 7 aromatic carbocycles. The first-order valence-corrected chi connectivity index (χ1v) is 16.2. The van der Waals surface area contributed by atoms with E-state index in [1.54, 1.807) is 24.3 Å². The van der Waals surface area contributed by atoms with E-state index >= 15 is 0 Å². The summed E-state index contributed by atoms with van der Waals surface area (Å²) in [6.45, 7) is 0. The molecular weight excluding hydrogens is 615 g/mol. The average molecular weight is 647 g/mol. The topological polar surface area (TPSA) is 65.0 Å². The minimum atomic E-state index is -0.427. The summed E-state index contributed by atoms with van der Waals surface area (Å²) in [6, 6.07) is 41.3. The van der Waals surface area contributed by atoms with Crippen LogP contribution in [0.4, 0.5) is 0 Å². The van der Waals surface area contributed by atoms with E-state index in [1.165, 1.54) is 0 Å². The fourth-order valence-corrected chi connectivity index (χ4v) is 6.64. The van der Waals surface area contributed by atoms with Crippen molar-refractivity contribution in [1.29, 1.82) is 0 Å². The highest BCUT2D eigenvalue weighted by atomic mass is 16.3. The van der Waals surface area contributed by atoms with Crippen LogP contribution in [0, 0.1) is 0 Å². The average Bonchev–Trinajstić information content (AvgIpc) is 3.81. The molecule has 10 aromatic rings. The highest BCUT2D eigenvalue weighted by molar-refractivity contribution is 6.15. The molecule has 0 fully saturated rings. The van der Waals surface area contributed by atoms with Crippen molar-refractivity contribution >= 4 is 43.9 Å². The van der Waals surface area contributed by atoms with Gasteiger partial charge in [-0.2, -0.15) is 0 Å². The largest absolute Gasteiger partial charge is 0.455 e. The Bertz CT molecular complexity index is 3130. The maximum absolute atomic E-state index is 8.43. The molecule has 0 N–H and O–H groups in total. The number of rotatable bonds is 5. The molecule has 0 aliphatic heterocycles. The van der Waals surface area contributed by atoms with Gasteiger partial charge < -0.3 is 8.83 Å². The molecule has 234 valence electrons. The van der Waals surface area contributed by atoms with E-state index in [0.717, 1.165) is 66.1 Å². The number of furan rings is 2. The summed E-state index contributed by atoms with van der Waals surface area (Å²) in [4.78, 5) is 14.7. The lowest BCUT2D eigenvalue weighted by molar-refractivity contribution is 0.665. The van der Waals surface area contributed by atoms with Crippen LogP contribution in [0.2, 0.25) is 0 Å². The zero-order chi connectivity index (χ0) is 37.4. The van der Waals surface area contributed by atoms with Crippen LogP contribution in [0.1, 0.15) is 6.85 Å². The van der Waals surface area contributed by atoms with Crippen LogP contribution in [0.5, 0.6) is 0 Å². The van der Waals surface area contributed by atoms with Crippen LogP contribution in [-0.2, 0) is 0 Å². The molecule has 0 bridgehead atoms. The van der Waals surface area contributed by atoms with E-state index in [4.69, 9.17) is 30.6 Å². The molecule has 0 radical (unpaired) electrons. The van der Waals surface area contributed by atoms with Gasteiger partial charge in [0.15, 0.2) is 17.5 Å². The van der Waals surface area contributed by atoms with Crippen LogP contribution >= 0.6 is 0 Å². The fourth-order valence-electron chi connectivity index (χ4n) is 6.64. The van der Waals surface area contributed by atoms with Crippen LogP contribution in [0.3, 0.4) is 0 Å². The third kappa shape index (κ3) is 4.67. The van der Waals surface area contributed by atoms with E-state index in [9.17, 15) is 0 Å². The lowest BCUT2D eigenvalue weighted by Crippen LogP contribution is -2.00. The molecule has 0 saturated carbocycles. The Hall–Kier alpha value is -6.85. The minimum absolute atomic E-state index is 0.136. The van der Waals surface area contributed by atoms with Crippen molar-refractivity contribution in [3.05, 3.63) is 164 Å². The van der Waals surface area contributed by atoms with Gasteiger partial charge in [0.25, 0.3) is 0 Å². The van der Waals surface area contributed by atoms with Crippen molar-refractivity contribution in [1.82, 2.24) is 15.0 Å². The van der Waals surface area contributed by atoms with E-state index in [-0.39, 0.29) is 29.7 Å². The van der Waals surface area contributed by atoms with Gasteiger partial charge in [0.1, 0.15) is 22.3 Å². The van der Waals surface area contributed by atoms with Gasteiger partial charge in [0.05, 0.1) is 6.85 Å². The molecule has 3 aromatic heterocycles. The highest BCUT2D eigenvalue weighted by Crippen LogP contribution is 2.41. The molecule has 0 amide bonds. The van der Waals surface area contributed by atoms with Crippen LogP contribution < -0.4 is 0 Å². The summed E-state index contributed by atoms with van der Waals surface area (Å²) in [5.74, 6) is 1.39. The maximum Gasteiger partial charge on any atom is 0.164 e. The normalized spacial score (nSPS) is 13.0. The van der Waals surface area contributed by atoms with Crippen molar-refractivity contribution in [3.8, 4) is 56.4 Å². The zero-order valence-electron chi connectivity index (χ0n) is 31.4. The molecular formula is C45H27N3O2. The molecule has 0 aliphatic carbocycles. The molecule has 0 spiro atoms. The first-order valence-electron chi connectivity index (χ1n) is 18.7. The number of para-hydroxylation sites is 3. The summed E-state index contributed by atoms with van der Waals surface area (Å²) in [5, 5.41) is 3.98. The molecule has 3 heterocycles. The van der Waals surface area contributed by atoms with Gasteiger partial charge in [-0.15, -0.1) is 0 Å². The van der Waals surface area contributed by atoms with Gasteiger partial charge >= 0.3 is 0 Å². The van der Waals surface area contributed by atoms with Gasteiger partial charge in [-0.3, -0.25) is 0 Å². The smallest absolute Gasteiger partial charge is 0.164 e. The van der Waals surface area contributed by atoms with E-state index in [1.807, 2.05) is 78.9 Å². The van der Waals surface area contributed by atoms with Crippen molar-refractivity contribution in [2.45, 2.75) is 0 Å². The van der Waals surface area contributed by atoms with E-state index in [0.29, 0.717) is 28.6 Å². The third-order valence-corrected chi connectivity index (χ3v) is 9.05. The molecule has 50 heavy (non-hydrogen) atoms. The Labute approximate surface area is 294 Å². The Morgan fingerprint density at radius 1 is 0.380 bits per heavy atom. The minimum Gasteiger partial charge on any atom is -0.455 e. The lowest BCUT2D eigenvalue weighted by atomic mass is 9.99. The Morgan fingerprint density at radius 2 is 0.900 bits per heavy atom. The molecule has 10 rings (SSSR count). The standard InChI is InChI=1S/C45H27N3O2/c1-3-11-28(12-4-1)29-21-23-31(24-22-29)44-46-43(30-13-5-2-6-14-30)47-45(48-44)32-25-26-40-38(27-32)37-19-10-18-36(42(37)50-40)35-17-9-16-34-33-15-7-8-20-39(33)49-41(34)35/h1-27H/i1D,3D,4D,11D,12D. The molecule has 0 saturated heterocycles. The number of hydrogen-bond acceptors (Lipinski definition) is 5. The fraction of sp³-hybridized carbons (Fsp3) is 0. The number of hydrogen-bond donors (Lipinski definition) is 0. The second-order valence-electron chi connectivity index (χ2n) is 12.0. The summed E-state index contributed by atoms with van der Waals surface area (Å²) in [6.07, 6.45) is 0. The van der Waals surface area contributed by atoms with Crippen molar-refractivity contribution in [2.24, 2.45) is 0 Å². The monoisotopic (exact) mass is 646 g/mol. The lowest BCUT2D eigenvalue weighted by Gasteiger charge is -2.09. The maximum atomic E-state index is 8.43. The van der Waals surface area contributed by atoms with Crippen molar-refractivity contribution in [2.75, 3.05) is 0 Å². The Morgan fingerprint density at radius 3 is 1.60 bits per heavy atom. The number of nitrogens with zero attached hydrogens (tertiary/aromatic N) is 3. The predicted octanol–water partition coefficient (Wildman–Crippen LogP) is 12.0. The summed E-state index contributed by atoms with van der Waals surface area (Å²) < 4.78 is 54.0. The van der Waals surface area contributed by atoms with Crippen molar-refractivity contribution < 1.29 is 15.7 Å². The number of fused-ring (bicyclic) bond motifs is 6. The summed E-state index contributed by atoms with van der Waals surface area (Å²) in [5.41, 5.74) is 7.91. The number of aromatic nitrogens is 3. The van der Waals surface area contributed by atoms with Crippen molar-refractivity contribution in [3.63, 3.8) is 0 Å². The second kappa shape index (κ2) is 11.4. The summed E-state index contributed by atoms with van der Waals surface area (Å²) in [7, 11) is 0. The van der Waals surface area contributed by atoms with Gasteiger partial charge in [0.2, 0.25) is 0 Å².